The zero-order chi connectivity index (χ0) is 16.0. The van der Waals surface area contributed by atoms with Gasteiger partial charge in [-0.05, 0) is 18.6 Å². The fraction of sp³-hybridized carbons (Fsp3) is 0.429. The van der Waals surface area contributed by atoms with Crippen molar-refractivity contribution in [2.24, 2.45) is 0 Å². The summed E-state index contributed by atoms with van der Waals surface area (Å²) in [6.45, 7) is 1.85. The molecule has 0 saturated heterocycles. The number of methoxy groups -OCH3 is 1. The predicted octanol–water partition coefficient (Wildman–Crippen LogP) is 1.16. The summed E-state index contributed by atoms with van der Waals surface area (Å²) in [7, 11) is 2.96. The summed E-state index contributed by atoms with van der Waals surface area (Å²) >= 11 is 0. The van der Waals surface area contributed by atoms with Crippen LogP contribution in [0.4, 0.5) is 10.5 Å². The van der Waals surface area contributed by atoms with Crippen molar-refractivity contribution in [3.05, 3.63) is 29.3 Å². The molecular formula is C14H20N2O5. The smallest absolute Gasteiger partial charge is 0.338 e. The molecule has 0 radical (unpaired) electrons. The maximum absolute atomic E-state index is 12.0. The van der Waals surface area contributed by atoms with Crippen molar-refractivity contribution in [1.29, 1.82) is 0 Å². The number of benzene rings is 1. The van der Waals surface area contributed by atoms with Crippen molar-refractivity contribution >= 4 is 17.7 Å². The van der Waals surface area contributed by atoms with E-state index < -0.39 is 18.1 Å². The fourth-order valence-corrected chi connectivity index (χ4v) is 1.91. The molecule has 21 heavy (non-hydrogen) atoms. The number of carboxylic acids is 1. The van der Waals surface area contributed by atoms with Gasteiger partial charge in [0, 0.05) is 14.2 Å². The Labute approximate surface area is 123 Å². The lowest BCUT2D eigenvalue weighted by molar-refractivity contribution is 0.0501. The molecule has 116 valence electrons. The van der Waals surface area contributed by atoms with Crippen LogP contribution in [0.1, 0.15) is 15.9 Å². The number of urea groups is 1. The Balaban J connectivity index is 2.79. The minimum absolute atomic E-state index is 0.0525. The third-order valence-electron chi connectivity index (χ3n) is 2.92. The maximum atomic E-state index is 12.0. The highest BCUT2D eigenvalue weighted by atomic mass is 16.5. The second-order valence-electron chi connectivity index (χ2n) is 4.72. The molecule has 3 N–H and O–H groups in total. The van der Waals surface area contributed by atoms with E-state index >= 15 is 0 Å². The number of ether oxygens (including phenoxy) is 1. The fourth-order valence-electron chi connectivity index (χ4n) is 1.91. The number of aliphatic hydroxyl groups is 1. The first-order valence-electron chi connectivity index (χ1n) is 6.38. The maximum Gasteiger partial charge on any atom is 0.338 e. The van der Waals surface area contributed by atoms with Gasteiger partial charge in [0.05, 0.1) is 30.5 Å². The van der Waals surface area contributed by atoms with Gasteiger partial charge in [-0.1, -0.05) is 12.1 Å². The average molecular weight is 296 g/mol. The van der Waals surface area contributed by atoms with Crippen LogP contribution in [0.5, 0.6) is 0 Å². The quantitative estimate of drug-likeness (QED) is 0.731. The Morgan fingerprint density at radius 3 is 2.67 bits per heavy atom. The number of nitrogens with zero attached hydrogens (tertiary/aromatic N) is 1. The summed E-state index contributed by atoms with van der Waals surface area (Å²) in [6, 6.07) is 4.34. The highest BCUT2D eigenvalue weighted by Crippen LogP contribution is 2.19. The molecule has 1 unspecified atom stereocenters. The summed E-state index contributed by atoms with van der Waals surface area (Å²) in [6.07, 6.45) is -0.804. The highest BCUT2D eigenvalue weighted by molar-refractivity contribution is 6.01. The molecule has 0 aromatic heterocycles. The van der Waals surface area contributed by atoms with E-state index in [2.05, 4.69) is 5.32 Å². The Morgan fingerprint density at radius 1 is 1.43 bits per heavy atom. The molecule has 0 saturated carbocycles. The van der Waals surface area contributed by atoms with Crippen molar-refractivity contribution in [3.63, 3.8) is 0 Å². The predicted molar refractivity (Wildman–Crippen MR) is 77.7 cm³/mol. The number of anilines is 1. The van der Waals surface area contributed by atoms with Crippen LogP contribution >= 0.6 is 0 Å². The number of aliphatic hydroxyl groups excluding tert-OH is 1. The summed E-state index contributed by atoms with van der Waals surface area (Å²) in [5.41, 5.74) is 0.833. The number of aryl methyl sites for hydroxylation is 1. The van der Waals surface area contributed by atoms with E-state index in [4.69, 9.17) is 4.74 Å². The number of carbonyl (C=O) groups is 2. The first-order chi connectivity index (χ1) is 9.86. The van der Waals surface area contributed by atoms with Gasteiger partial charge in [0.25, 0.3) is 0 Å². The van der Waals surface area contributed by atoms with E-state index in [1.807, 2.05) is 0 Å². The topological polar surface area (TPSA) is 99.1 Å². The standard InChI is InChI=1S/C14H20N2O5/c1-9-5-4-6-11(12(9)13(18)19)15-14(20)16(2)7-10(17)8-21-3/h4-6,10,17H,7-8H2,1-3H3,(H,15,20)(H,18,19). The van der Waals surface area contributed by atoms with Crippen LogP contribution < -0.4 is 5.32 Å². The third kappa shape index (κ3) is 4.73. The van der Waals surface area contributed by atoms with Crippen molar-refractivity contribution in [3.8, 4) is 0 Å². The van der Waals surface area contributed by atoms with Crippen LogP contribution in [-0.2, 0) is 4.74 Å². The van der Waals surface area contributed by atoms with Crippen LogP contribution in [0.2, 0.25) is 0 Å². The number of amides is 2. The second-order valence-corrected chi connectivity index (χ2v) is 4.72. The van der Waals surface area contributed by atoms with Crippen LogP contribution in [0.15, 0.2) is 18.2 Å². The number of likely N-dealkylation sites (N-methyl/N-ethyl adjacent to an activating group) is 1. The average Bonchev–Trinajstić information content (AvgIpc) is 2.38. The van der Waals surface area contributed by atoms with Gasteiger partial charge < -0.3 is 25.2 Å². The zero-order valence-corrected chi connectivity index (χ0v) is 12.3. The molecule has 0 fully saturated rings. The number of carboxylic acid groups (broad SMARTS) is 1. The number of aromatic carboxylic acids is 1. The molecule has 0 aliphatic heterocycles. The van der Waals surface area contributed by atoms with Gasteiger partial charge in [-0.2, -0.15) is 0 Å². The third-order valence-corrected chi connectivity index (χ3v) is 2.92. The van der Waals surface area contributed by atoms with Crippen molar-refractivity contribution < 1.29 is 24.5 Å². The molecule has 1 aromatic carbocycles. The van der Waals surface area contributed by atoms with Crippen molar-refractivity contribution in [2.75, 3.05) is 32.6 Å². The van der Waals surface area contributed by atoms with E-state index in [9.17, 15) is 19.8 Å². The minimum atomic E-state index is -1.11. The van der Waals surface area contributed by atoms with E-state index in [1.54, 1.807) is 19.1 Å². The lowest BCUT2D eigenvalue weighted by Crippen LogP contribution is -2.39. The first-order valence-corrected chi connectivity index (χ1v) is 6.38. The Morgan fingerprint density at radius 2 is 2.10 bits per heavy atom. The number of hydrogen-bond donors (Lipinski definition) is 3. The molecule has 0 aliphatic carbocycles. The van der Waals surface area contributed by atoms with Crippen LogP contribution in [0.3, 0.4) is 0 Å². The van der Waals surface area contributed by atoms with Crippen molar-refractivity contribution in [1.82, 2.24) is 4.90 Å². The van der Waals surface area contributed by atoms with E-state index in [1.165, 1.54) is 25.1 Å². The molecule has 7 nitrogen and oxygen atoms in total. The van der Waals surface area contributed by atoms with Gasteiger partial charge in [-0.3, -0.25) is 0 Å². The van der Waals surface area contributed by atoms with Gasteiger partial charge in [0.2, 0.25) is 0 Å². The van der Waals surface area contributed by atoms with E-state index in [-0.39, 0.29) is 24.4 Å². The summed E-state index contributed by atoms with van der Waals surface area (Å²) < 4.78 is 4.78. The molecule has 1 rings (SSSR count). The van der Waals surface area contributed by atoms with Gasteiger partial charge in [0.15, 0.2) is 0 Å². The lowest BCUT2D eigenvalue weighted by atomic mass is 10.1. The molecular weight excluding hydrogens is 276 g/mol. The number of carbonyl (C=O) groups excluding carboxylic acids is 1. The molecule has 1 atom stereocenters. The van der Waals surface area contributed by atoms with Crippen LogP contribution in [0.25, 0.3) is 0 Å². The molecule has 1 aromatic rings. The van der Waals surface area contributed by atoms with Gasteiger partial charge in [0.1, 0.15) is 0 Å². The summed E-state index contributed by atoms with van der Waals surface area (Å²) in [5, 5.41) is 21.3. The molecule has 0 heterocycles. The van der Waals surface area contributed by atoms with Crippen LogP contribution in [0, 0.1) is 6.92 Å². The van der Waals surface area contributed by atoms with Gasteiger partial charge in [-0.25, -0.2) is 9.59 Å². The number of rotatable bonds is 6. The summed E-state index contributed by atoms with van der Waals surface area (Å²) in [4.78, 5) is 24.5. The lowest BCUT2D eigenvalue weighted by Gasteiger charge is -2.21. The Bertz CT molecular complexity index is 518. The van der Waals surface area contributed by atoms with Gasteiger partial charge >= 0.3 is 12.0 Å². The summed E-state index contributed by atoms with van der Waals surface area (Å²) in [5.74, 6) is -1.11. The normalized spacial score (nSPS) is 11.8. The number of hydrogen-bond acceptors (Lipinski definition) is 4. The Hall–Kier alpha value is -2.12. The van der Waals surface area contributed by atoms with Crippen molar-refractivity contribution in [2.45, 2.75) is 13.0 Å². The zero-order valence-electron chi connectivity index (χ0n) is 12.3. The Kier molecular flexibility index (Phi) is 6.13. The molecule has 0 spiro atoms. The molecule has 2 amide bonds. The minimum Gasteiger partial charge on any atom is -0.478 e. The largest absolute Gasteiger partial charge is 0.478 e. The molecule has 0 aliphatic rings. The van der Waals surface area contributed by atoms with E-state index in [0.717, 1.165) is 0 Å². The second kappa shape index (κ2) is 7.61. The van der Waals surface area contributed by atoms with Gasteiger partial charge in [-0.15, -0.1) is 0 Å². The van der Waals surface area contributed by atoms with E-state index in [0.29, 0.717) is 5.56 Å². The highest BCUT2D eigenvalue weighted by Gasteiger charge is 2.18. The number of nitrogens with one attached hydrogen (secondary N) is 1. The van der Waals surface area contributed by atoms with Crippen LogP contribution in [-0.4, -0.2) is 60.5 Å². The first kappa shape index (κ1) is 16.9. The molecule has 0 bridgehead atoms. The molecule has 7 heteroatoms. The SMILES string of the molecule is COCC(O)CN(C)C(=O)Nc1cccc(C)c1C(=O)O. The monoisotopic (exact) mass is 296 g/mol.